The monoisotopic (exact) mass is 528 g/mol. The molecule has 0 atom stereocenters. The van der Waals surface area contributed by atoms with E-state index < -0.39 is 45.3 Å². The maximum Gasteiger partial charge on any atom is 0.416 e. The Labute approximate surface area is 197 Å². The SMILES string of the molecule is CCS(=O)(=O)Oc1cccc(CN(CCOC)C(=O)Nc2cc(C(F)(F)F)cc(C(F)(F)F)c2)c1. The molecule has 0 heterocycles. The predicted octanol–water partition coefficient (Wildman–Crippen LogP) is 5.13. The molecule has 0 aromatic heterocycles. The minimum absolute atomic E-state index is 0.00418. The summed E-state index contributed by atoms with van der Waals surface area (Å²) in [6.45, 7) is 1.13. The van der Waals surface area contributed by atoms with Crippen molar-refractivity contribution in [3.8, 4) is 5.75 Å². The van der Waals surface area contributed by atoms with E-state index in [-0.39, 0.29) is 37.3 Å². The summed E-state index contributed by atoms with van der Waals surface area (Å²) in [5.41, 5.74) is -3.47. The Hall–Kier alpha value is -3.00. The Morgan fingerprint density at radius 1 is 1.00 bits per heavy atom. The van der Waals surface area contributed by atoms with E-state index in [1.54, 1.807) is 0 Å². The molecule has 0 fully saturated rings. The number of rotatable bonds is 9. The summed E-state index contributed by atoms with van der Waals surface area (Å²) in [4.78, 5) is 13.8. The van der Waals surface area contributed by atoms with E-state index >= 15 is 0 Å². The van der Waals surface area contributed by atoms with E-state index in [4.69, 9.17) is 8.92 Å². The van der Waals surface area contributed by atoms with Gasteiger partial charge in [0, 0.05) is 25.9 Å². The van der Waals surface area contributed by atoms with Crippen LogP contribution in [0.2, 0.25) is 0 Å². The maximum absolute atomic E-state index is 13.1. The normalized spacial score (nSPS) is 12.3. The molecule has 0 bridgehead atoms. The molecule has 14 heteroatoms. The van der Waals surface area contributed by atoms with Crippen molar-refractivity contribution in [3.05, 3.63) is 59.2 Å². The van der Waals surface area contributed by atoms with Gasteiger partial charge in [0.15, 0.2) is 0 Å². The molecule has 0 unspecified atom stereocenters. The van der Waals surface area contributed by atoms with Gasteiger partial charge in [-0.15, -0.1) is 0 Å². The molecular formula is C21H22F6N2O5S. The Morgan fingerprint density at radius 3 is 2.11 bits per heavy atom. The van der Waals surface area contributed by atoms with Crippen LogP contribution >= 0.6 is 0 Å². The van der Waals surface area contributed by atoms with Gasteiger partial charge in [0.25, 0.3) is 0 Å². The summed E-state index contributed by atoms with van der Waals surface area (Å²) in [5, 5.41) is 2.06. The van der Waals surface area contributed by atoms with E-state index in [0.29, 0.717) is 17.7 Å². The molecule has 1 N–H and O–H groups in total. The topological polar surface area (TPSA) is 84.9 Å². The highest BCUT2D eigenvalue weighted by molar-refractivity contribution is 7.87. The predicted molar refractivity (Wildman–Crippen MR) is 114 cm³/mol. The first-order valence-electron chi connectivity index (χ1n) is 10.00. The fourth-order valence-corrected chi connectivity index (χ4v) is 3.32. The number of amides is 2. The molecule has 0 aliphatic heterocycles. The number of hydrogen-bond acceptors (Lipinski definition) is 5. The second kappa shape index (κ2) is 11.2. The van der Waals surface area contributed by atoms with E-state index in [9.17, 15) is 39.6 Å². The molecule has 7 nitrogen and oxygen atoms in total. The molecule has 2 amide bonds. The summed E-state index contributed by atoms with van der Waals surface area (Å²) >= 11 is 0. The Balaban J connectivity index is 2.31. The molecule has 35 heavy (non-hydrogen) atoms. The van der Waals surface area contributed by atoms with Gasteiger partial charge in [-0.25, -0.2) is 4.79 Å². The number of halogens is 6. The first kappa shape index (κ1) is 28.2. The molecule has 194 valence electrons. The van der Waals surface area contributed by atoms with Crippen LogP contribution in [0, 0.1) is 0 Å². The number of carbonyl (C=O) groups is 1. The third-order valence-corrected chi connectivity index (χ3v) is 5.69. The molecule has 0 aliphatic carbocycles. The smallest absolute Gasteiger partial charge is 0.383 e. The average molecular weight is 528 g/mol. The van der Waals surface area contributed by atoms with Crippen LogP contribution in [0.3, 0.4) is 0 Å². The van der Waals surface area contributed by atoms with Crippen molar-refractivity contribution in [2.24, 2.45) is 0 Å². The zero-order valence-corrected chi connectivity index (χ0v) is 19.4. The van der Waals surface area contributed by atoms with Crippen molar-refractivity contribution < 1.29 is 48.5 Å². The molecule has 0 radical (unpaired) electrons. The van der Waals surface area contributed by atoms with Gasteiger partial charge < -0.3 is 19.1 Å². The van der Waals surface area contributed by atoms with Gasteiger partial charge >= 0.3 is 28.5 Å². The lowest BCUT2D eigenvalue weighted by Crippen LogP contribution is -2.37. The minimum atomic E-state index is -5.07. The number of methoxy groups -OCH3 is 1. The van der Waals surface area contributed by atoms with Crippen LogP contribution in [0.1, 0.15) is 23.6 Å². The van der Waals surface area contributed by atoms with Crippen LogP contribution < -0.4 is 9.50 Å². The highest BCUT2D eigenvalue weighted by Crippen LogP contribution is 2.37. The molecule has 0 spiro atoms. The quantitative estimate of drug-likeness (QED) is 0.360. The largest absolute Gasteiger partial charge is 0.416 e. The van der Waals surface area contributed by atoms with Crippen molar-refractivity contribution >= 4 is 21.8 Å². The van der Waals surface area contributed by atoms with Crippen molar-refractivity contribution in [1.29, 1.82) is 0 Å². The summed E-state index contributed by atoms with van der Waals surface area (Å²) in [6.07, 6.45) is -10.1. The van der Waals surface area contributed by atoms with E-state index in [2.05, 4.69) is 5.32 Å². The lowest BCUT2D eigenvalue weighted by Gasteiger charge is -2.24. The number of carbonyl (C=O) groups excluding carboxylic acids is 1. The first-order chi connectivity index (χ1) is 16.1. The molecule has 0 saturated carbocycles. The Bertz CT molecular complexity index is 1100. The number of urea groups is 1. The summed E-state index contributed by atoms with van der Waals surface area (Å²) in [7, 11) is -2.48. The van der Waals surface area contributed by atoms with Crippen LogP contribution in [-0.4, -0.2) is 45.4 Å². The minimum Gasteiger partial charge on any atom is -0.383 e. The zero-order valence-electron chi connectivity index (χ0n) is 18.5. The second-order valence-electron chi connectivity index (χ2n) is 7.22. The van der Waals surface area contributed by atoms with Crippen molar-refractivity contribution in [2.45, 2.75) is 25.8 Å². The number of hydrogen-bond donors (Lipinski definition) is 1. The van der Waals surface area contributed by atoms with Crippen LogP contribution in [0.4, 0.5) is 36.8 Å². The van der Waals surface area contributed by atoms with E-state index in [1.807, 2.05) is 0 Å². The van der Waals surface area contributed by atoms with Gasteiger partial charge in [-0.1, -0.05) is 12.1 Å². The third-order valence-electron chi connectivity index (χ3n) is 4.54. The Morgan fingerprint density at radius 2 is 1.60 bits per heavy atom. The van der Waals surface area contributed by atoms with Crippen LogP contribution in [0.5, 0.6) is 5.75 Å². The van der Waals surface area contributed by atoms with E-state index in [1.165, 1.54) is 38.3 Å². The molecule has 2 aromatic rings. The average Bonchev–Trinajstić information content (AvgIpc) is 2.75. The molecule has 0 aliphatic rings. The lowest BCUT2D eigenvalue weighted by atomic mass is 10.1. The number of ether oxygens (including phenoxy) is 1. The number of nitrogens with one attached hydrogen (secondary N) is 1. The van der Waals surface area contributed by atoms with Crippen LogP contribution in [-0.2, 0) is 33.8 Å². The highest BCUT2D eigenvalue weighted by atomic mass is 32.2. The highest BCUT2D eigenvalue weighted by Gasteiger charge is 2.37. The zero-order chi connectivity index (χ0) is 26.4. The summed E-state index contributed by atoms with van der Waals surface area (Å²) in [6, 6.07) is 5.45. The van der Waals surface area contributed by atoms with Crippen LogP contribution in [0.25, 0.3) is 0 Å². The van der Waals surface area contributed by atoms with Gasteiger partial charge in [-0.2, -0.15) is 34.8 Å². The fraction of sp³-hybridized carbons (Fsp3) is 0.381. The standard InChI is InChI=1S/C21H22F6N2O5S/c1-3-35(31,32)34-18-6-4-5-14(9-18)13-29(7-8-33-2)19(30)28-17-11-15(20(22,23)24)10-16(12-17)21(25,26)27/h4-6,9-12H,3,7-8,13H2,1-2H3,(H,28,30). The van der Waals surface area contributed by atoms with Crippen LogP contribution in [0.15, 0.2) is 42.5 Å². The second-order valence-corrected chi connectivity index (χ2v) is 9.08. The Kier molecular flexibility index (Phi) is 9.00. The third kappa shape index (κ3) is 8.62. The van der Waals surface area contributed by atoms with Crippen molar-refractivity contribution in [2.75, 3.05) is 31.3 Å². The van der Waals surface area contributed by atoms with Gasteiger partial charge in [-0.05, 0) is 42.8 Å². The number of nitrogens with zero attached hydrogens (tertiary/aromatic N) is 1. The fourth-order valence-electron chi connectivity index (χ4n) is 2.81. The van der Waals surface area contributed by atoms with Gasteiger partial charge in [0.05, 0.1) is 23.5 Å². The summed E-state index contributed by atoms with van der Waals surface area (Å²) in [5.74, 6) is -0.305. The lowest BCUT2D eigenvalue weighted by molar-refractivity contribution is -0.143. The van der Waals surface area contributed by atoms with Crippen molar-refractivity contribution in [1.82, 2.24) is 4.90 Å². The first-order valence-corrected chi connectivity index (χ1v) is 11.6. The molecule has 0 saturated heterocycles. The maximum atomic E-state index is 13.1. The molecule has 2 rings (SSSR count). The molecule has 2 aromatic carbocycles. The van der Waals surface area contributed by atoms with Gasteiger partial charge in [0.1, 0.15) is 5.75 Å². The number of anilines is 1. The number of benzene rings is 2. The molecular weight excluding hydrogens is 506 g/mol. The summed E-state index contributed by atoms with van der Waals surface area (Å²) < 4.78 is 112. The van der Waals surface area contributed by atoms with E-state index in [0.717, 1.165) is 4.90 Å². The van der Waals surface area contributed by atoms with Crippen molar-refractivity contribution in [3.63, 3.8) is 0 Å². The number of alkyl halides is 6. The van der Waals surface area contributed by atoms with Gasteiger partial charge in [0.2, 0.25) is 0 Å². The van der Waals surface area contributed by atoms with Gasteiger partial charge in [-0.3, -0.25) is 0 Å².